The Balaban J connectivity index is 1.59. The van der Waals surface area contributed by atoms with Crippen molar-refractivity contribution in [2.24, 2.45) is 0 Å². The van der Waals surface area contributed by atoms with E-state index >= 15 is 0 Å². The van der Waals surface area contributed by atoms with Crippen molar-refractivity contribution in [3.63, 3.8) is 0 Å². The molecular formula is C28H27F3N6. The Morgan fingerprint density at radius 2 is 1.62 bits per heavy atom. The van der Waals surface area contributed by atoms with Crippen LogP contribution in [-0.2, 0) is 0 Å². The van der Waals surface area contributed by atoms with Crippen LogP contribution in [-0.4, -0.2) is 51.8 Å². The number of aromatic nitrogens is 3. The summed E-state index contributed by atoms with van der Waals surface area (Å²) in [5.41, 5.74) is 3.05. The molecule has 4 aromatic rings. The minimum Gasteiger partial charge on any atom is -0.369 e. The van der Waals surface area contributed by atoms with E-state index in [1.165, 1.54) is 0 Å². The van der Waals surface area contributed by atoms with Crippen molar-refractivity contribution in [3.8, 4) is 28.5 Å². The number of hydrogen-bond acceptors (Lipinski definition) is 5. The van der Waals surface area contributed by atoms with Crippen LogP contribution in [0, 0.1) is 35.7 Å². The van der Waals surface area contributed by atoms with Crippen LogP contribution in [0.15, 0.2) is 36.4 Å². The lowest BCUT2D eigenvalue weighted by Crippen LogP contribution is -2.53. The number of nitrogens with zero attached hydrogens (tertiary/aromatic N) is 5. The average molecular weight is 505 g/mol. The number of hydrogen-bond donors (Lipinski definition) is 1. The summed E-state index contributed by atoms with van der Waals surface area (Å²) in [7, 11) is 0. The highest BCUT2D eigenvalue weighted by atomic mass is 19.2. The molecular weight excluding hydrogens is 477 g/mol. The highest BCUT2D eigenvalue weighted by Gasteiger charge is 2.27. The zero-order chi connectivity index (χ0) is 26.5. The first-order chi connectivity index (χ1) is 17.6. The van der Waals surface area contributed by atoms with Gasteiger partial charge in [0.05, 0.1) is 16.6 Å². The molecule has 1 N–H and O–H groups in total. The Morgan fingerprint density at radius 1 is 0.946 bits per heavy atom. The number of aryl methyl sites for hydroxylation is 1. The molecule has 2 aromatic heterocycles. The van der Waals surface area contributed by atoms with Crippen molar-refractivity contribution < 1.29 is 13.2 Å². The van der Waals surface area contributed by atoms with Gasteiger partial charge in [-0.05, 0) is 57.5 Å². The van der Waals surface area contributed by atoms with Gasteiger partial charge in [-0.15, -0.1) is 0 Å². The molecule has 9 heteroatoms. The Morgan fingerprint density at radius 3 is 2.24 bits per heavy atom. The summed E-state index contributed by atoms with van der Waals surface area (Å²) >= 11 is 0. The van der Waals surface area contributed by atoms with Gasteiger partial charge in [-0.2, -0.15) is 10.4 Å². The van der Waals surface area contributed by atoms with Crippen molar-refractivity contribution in [1.82, 2.24) is 20.1 Å². The van der Waals surface area contributed by atoms with Crippen LogP contribution in [0.3, 0.4) is 0 Å². The summed E-state index contributed by atoms with van der Waals surface area (Å²) in [5, 5.41) is 17.8. The maximum atomic E-state index is 14.8. The number of piperazine rings is 1. The van der Waals surface area contributed by atoms with Gasteiger partial charge in [0.15, 0.2) is 23.1 Å². The minimum atomic E-state index is -1.61. The number of H-pyrrole nitrogens is 1. The third-order valence-electron chi connectivity index (χ3n) is 7.03. The highest BCUT2D eigenvalue weighted by Crippen LogP contribution is 2.39. The molecule has 0 atom stereocenters. The minimum absolute atomic E-state index is 0.0634. The second-order valence-electron chi connectivity index (χ2n) is 10.3. The average Bonchev–Trinajstić information content (AvgIpc) is 3.26. The van der Waals surface area contributed by atoms with Crippen molar-refractivity contribution in [1.29, 1.82) is 5.26 Å². The second kappa shape index (κ2) is 9.20. The summed E-state index contributed by atoms with van der Waals surface area (Å²) in [6.07, 6.45) is 0. The fourth-order valence-corrected chi connectivity index (χ4v) is 4.98. The van der Waals surface area contributed by atoms with Gasteiger partial charge in [-0.25, -0.2) is 18.2 Å². The number of halogens is 3. The van der Waals surface area contributed by atoms with Crippen LogP contribution >= 0.6 is 0 Å². The highest BCUT2D eigenvalue weighted by molar-refractivity contribution is 6.00. The van der Waals surface area contributed by atoms with Crippen LogP contribution in [0.25, 0.3) is 33.4 Å². The van der Waals surface area contributed by atoms with Gasteiger partial charge < -0.3 is 4.90 Å². The number of benzene rings is 2. The molecule has 0 amide bonds. The Bertz CT molecular complexity index is 1520. The summed E-state index contributed by atoms with van der Waals surface area (Å²) in [6.45, 7) is 12.2. The van der Waals surface area contributed by atoms with Crippen LogP contribution in [0.5, 0.6) is 0 Å². The first-order valence-corrected chi connectivity index (χ1v) is 12.1. The number of anilines is 1. The molecule has 1 aliphatic rings. The van der Waals surface area contributed by atoms with Crippen LogP contribution in [0.4, 0.5) is 18.9 Å². The molecule has 0 radical (unpaired) electrons. The Kier molecular flexibility index (Phi) is 6.16. The Hall–Kier alpha value is -3.90. The van der Waals surface area contributed by atoms with Crippen molar-refractivity contribution in [2.75, 3.05) is 31.1 Å². The standard InChI is InChI=1S/C28H27F3N6/c1-16-22-23(17-5-7-18(8-6-17)36-11-13-37(14-12-36)28(2,3)4)20(15-32)26(33-27(22)35-34-16)19-9-10-21(29)25(31)24(19)30/h5-10H,11-14H2,1-4H3,(H,33,34,35). The fourth-order valence-electron chi connectivity index (χ4n) is 4.98. The van der Waals surface area contributed by atoms with E-state index in [4.69, 9.17) is 0 Å². The smallest absolute Gasteiger partial charge is 0.195 e. The van der Waals surface area contributed by atoms with Crippen LogP contribution in [0.1, 0.15) is 32.0 Å². The molecule has 37 heavy (non-hydrogen) atoms. The fraction of sp³-hybridized carbons (Fsp3) is 0.321. The molecule has 1 aliphatic heterocycles. The van der Waals surface area contributed by atoms with E-state index in [1.54, 1.807) is 0 Å². The van der Waals surface area contributed by atoms with Crippen molar-refractivity contribution in [2.45, 2.75) is 33.2 Å². The van der Waals surface area contributed by atoms with Gasteiger partial charge in [-0.1, -0.05) is 12.1 Å². The lowest BCUT2D eigenvalue weighted by atomic mass is 9.93. The van der Waals surface area contributed by atoms with Gasteiger partial charge in [-0.3, -0.25) is 10.00 Å². The number of nitrogens with one attached hydrogen (secondary N) is 1. The second-order valence-corrected chi connectivity index (χ2v) is 10.3. The predicted molar refractivity (Wildman–Crippen MR) is 138 cm³/mol. The number of nitriles is 1. The molecule has 3 heterocycles. The number of fused-ring (bicyclic) bond motifs is 1. The maximum Gasteiger partial charge on any atom is 0.195 e. The molecule has 0 saturated carbocycles. The Labute approximate surface area is 213 Å². The van der Waals surface area contributed by atoms with E-state index in [-0.39, 0.29) is 28.0 Å². The number of pyridine rings is 1. The van der Waals surface area contributed by atoms with Gasteiger partial charge >= 0.3 is 0 Å². The van der Waals surface area contributed by atoms with E-state index in [1.807, 2.05) is 31.2 Å². The van der Waals surface area contributed by atoms with Crippen LogP contribution < -0.4 is 4.90 Å². The van der Waals surface area contributed by atoms with E-state index in [0.29, 0.717) is 16.6 Å². The SMILES string of the molecule is Cc1[nH]nc2nc(-c3ccc(F)c(F)c3F)c(C#N)c(-c3ccc(N4CCN(C(C)(C)C)CC4)cc3)c12. The topological polar surface area (TPSA) is 71.8 Å². The quantitative estimate of drug-likeness (QED) is 0.357. The van der Waals surface area contributed by atoms with E-state index < -0.39 is 17.5 Å². The zero-order valence-electron chi connectivity index (χ0n) is 21.2. The molecule has 6 nitrogen and oxygen atoms in total. The van der Waals surface area contributed by atoms with Gasteiger partial charge in [0.2, 0.25) is 0 Å². The lowest BCUT2D eigenvalue weighted by molar-refractivity contribution is 0.128. The van der Waals surface area contributed by atoms with E-state index in [2.05, 4.69) is 51.8 Å². The first kappa shape index (κ1) is 24.8. The monoisotopic (exact) mass is 504 g/mol. The van der Waals surface area contributed by atoms with Crippen molar-refractivity contribution >= 4 is 16.7 Å². The molecule has 1 fully saturated rings. The summed E-state index contributed by atoms with van der Waals surface area (Å²) in [5.74, 6) is -4.32. The number of rotatable bonds is 3. The molecule has 190 valence electrons. The summed E-state index contributed by atoms with van der Waals surface area (Å²) < 4.78 is 42.4. The molecule has 0 unspecified atom stereocenters. The van der Waals surface area contributed by atoms with Crippen LogP contribution in [0.2, 0.25) is 0 Å². The first-order valence-electron chi connectivity index (χ1n) is 12.1. The summed E-state index contributed by atoms with van der Waals surface area (Å²) in [4.78, 5) is 9.15. The lowest BCUT2D eigenvalue weighted by Gasteiger charge is -2.43. The largest absolute Gasteiger partial charge is 0.369 e. The molecule has 1 saturated heterocycles. The maximum absolute atomic E-state index is 14.8. The van der Waals surface area contributed by atoms with Gasteiger partial charge in [0.25, 0.3) is 0 Å². The van der Waals surface area contributed by atoms with Crippen molar-refractivity contribution in [3.05, 3.63) is 65.1 Å². The molecule has 0 spiro atoms. The summed E-state index contributed by atoms with van der Waals surface area (Å²) in [6, 6.07) is 11.9. The molecule has 5 rings (SSSR count). The number of aromatic amines is 1. The van der Waals surface area contributed by atoms with E-state index in [0.717, 1.165) is 49.6 Å². The third-order valence-corrected chi connectivity index (χ3v) is 7.03. The molecule has 2 aromatic carbocycles. The normalized spacial score (nSPS) is 14.8. The van der Waals surface area contributed by atoms with Gasteiger partial charge in [0.1, 0.15) is 6.07 Å². The zero-order valence-corrected chi connectivity index (χ0v) is 21.2. The predicted octanol–water partition coefficient (Wildman–Crippen LogP) is 5.81. The van der Waals surface area contributed by atoms with E-state index in [9.17, 15) is 18.4 Å². The van der Waals surface area contributed by atoms with Gasteiger partial charge in [0, 0.05) is 54.2 Å². The molecule has 0 aliphatic carbocycles. The third kappa shape index (κ3) is 4.31. The molecule has 0 bridgehead atoms.